The van der Waals surface area contributed by atoms with Gasteiger partial charge in [0.05, 0.1) is 5.56 Å². The predicted molar refractivity (Wildman–Crippen MR) is 71.1 cm³/mol. The van der Waals surface area contributed by atoms with Crippen LogP contribution >= 0.6 is 11.3 Å². The van der Waals surface area contributed by atoms with Crippen molar-refractivity contribution >= 4 is 17.0 Å². The van der Waals surface area contributed by atoms with Crippen LogP contribution in [0.1, 0.15) is 30.2 Å². The Labute approximate surface area is 113 Å². The van der Waals surface area contributed by atoms with Crippen LogP contribution in [0.3, 0.4) is 0 Å². The topological polar surface area (TPSA) is 38.9 Å². The predicted octanol–water partition coefficient (Wildman–Crippen LogP) is 4.53. The van der Waals surface area contributed by atoms with Crippen LogP contribution in [0.25, 0.3) is 10.6 Å². The Hall–Kier alpha value is -1.56. The molecule has 0 atom stereocenters. The van der Waals surface area contributed by atoms with Gasteiger partial charge in [-0.2, -0.15) is 13.2 Å². The third kappa shape index (κ3) is 2.89. The Morgan fingerprint density at radius 3 is 2.42 bits per heavy atom. The summed E-state index contributed by atoms with van der Waals surface area (Å²) in [6, 6.07) is 3.36. The lowest BCUT2D eigenvalue weighted by Gasteiger charge is -2.09. The van der Waals surface area contributed by atoms with Crippen molar-refractivity contribution in [3.05, 3.63) is 34.8 Å². The van der Waals surface area contributed by atoms with Gasteiger partial charge in [0.1, 0.15) is 5.01 Å². The molecule has 0 fully saturated rings. The lowest BCUT2D eigenvalue weighted by Crippen LogP contribution is -2.05. The number of nitrogen functional groups attached to an aromatic ring is 1. The highest BCUT2D eigenvalue weighted by Gasteiger charge is 2.31. The zero-order valence-electron chi connectivity index (χ0n) is 10.5. The van der Waals surface area contributed by atoms with Crippen LogP contribution in [0.4, 0.5) is 18.9 Å². The number of halogens is 3. The van der Waals surface area contributed by atoms with Crippen molar-refractivity contribution in [3.8, 4) is 10.6 Å². The van der Waals surface area contributed by atoms with E-state index in [9.17, 15) is 13.2 Å². The number of thiazole rings is 1. The van der Waals surface area contributed by atoms with Crippen LogP contribution in [0, 0.1) is 0 Å². The van der Waals surface area contributed by atoms with Gasteiger partial charge in [0.15, 0.2) is 0 Å². The maximum atomic E-state index is 12.5. The zero-order chi connectivity index (χ0) is 14.2. The van der Waals surface area contributed by atoms with E-state index < -0.39 is 11.7 Å². The van der Waals surface area contributed by atoms with E-state index in [2.05, 4.69) is 4.98 Å². The number of hydrogen-bond acceptors (Lipinski definition) is 3. The molecule has 2 aromatic rings. The van der Waals surface area contributed by atoms with Gasteiger partial charge < -0.3 is 5.73 Å². The summed E-state index contributed by atoms with van der Waals surface area (Å²) in [7, 11) is 0. The molecule has 1 aromatic carbocycles. The minimum atomic E-state index is -4.38. The highest BCUT2D eigenvalue weighted by molar-refractivity contribution is 7.15. The lowest BCUT2D eigenvalue weighted by atomic mass is 10.1. The second-order valence-electron chi connectivity index (χ2n) is 4.52. The van der Waals surface area contributed by atoms with Crippen LogP contribution in [0.15, 0.2) is 24.4 Å². The first-order valence-corrected chi connectivity index (χ1v) is 6.53. The molecule has 2 nitrogen and oxygen atoms in total. The minimum Gasteiger partial charge on any atom is -0.398 e. The maximum Gasteiger partial charge on any atom is 0.416 e. The molecule has 1 heterocycles. The van der Waals surface area contributed by atoms with Gasteiger partial charge in [0.25, 0.3) is 0 Å². The number of nitrogens with two attached hydrogens (primary N) is 1. The van der Waals surface area contributed by atoms with E-state index in [0.717, 1.165) is 17.0 Å². The molecule has 1 aromatic heterocycles. The molecule has 6 heteroatoms. The molecule has 0 unspecified atom stereocenters. The highest BCUT2D eigenvalue weighted by Crippen LogP contribution is 2.36. The van der Waals surface area contributed by atoms with Gasteiger partial charge in [-0.1, -0.05) is 13.8 Å². The van der Waals surface area contributed by atoms with E-state index in [-0.39, 0.29) is 5.69 Å². The smallest absolute Gasteiger partial charge is 0.398 e. The fourth-order valence-electron chi connectivity index (χ4n) is 1.61. The molecular formula is C13H13F3N2S. The Bertz CT molecular complexity index is 588. The molecule has 0 aliphatic rings. The number of aromatic nitrogens is 1. The fraction of sp³-hybridized carbons (Fsp3) is 0.308. The molecule has 2 rings (SSSR count). The largest absolute Gasteiger partial charge is 0.416 e. The van der Waals surface area contributed by atoms with E-state index in [4.69, 9.17) is 5.73 Å². The Balaban J connectivity index is 2.40. The summed E-state index contributed by atoms with van der Waals surface area (Å²) in [6.07, 6.45) is -2.64. The Morgan fingerprint density at radius 1 is 1.26 bits per heavy atom. The van der Waals surface area contributed by atoms with E-state index in [1.165, 1.54) is 17.4 Å². The normalized spacial score (nSPS) is 12.1. The average molecular weight is 286 g/mol. The molecule has 0 radical (unpaired) electrons. The Morgan fingerprint density at radius 2 is 1.95 bits per heavy atom. The second kappa shape index (κ2) is 4.85. The van der Waals surface area contributed by atoms with Crippen molar-refractivity contribution in [3.63, 3.8) is 0 Å². The van der Waals surface area contributed by atoms with Gasteiger partial charge in [-0.05, 0) is 24.1 Å². The van der Waals surface area contributed by atoms with Gasteiger partial charge in [-0.15, -0.1) is 11.3 Å². The molecule has 0 aliphatic heterocycles. The molecule has 2 N–H and O–H groups in total. The van der Waals surface area contributed by atoms with Crippen LogP contribution < -0.4 is 5.73 Å². The van der Waals surface area contributed by atoms with Crippen LogP contribution in [0.2, 0.25) is 0 Å². The molecule has 0 spiro atoms. The van der Waals surface area contributed by atoms with Crippen molar-refractivity contribution in [2.75, 3.05) is 5.73 Å². The fourth-order valence-corrected chi connectivity index (χ4v) is 2.58. The number of nitrogens with zero attached hydrogens (tertiary/aromatic N) is 1. The summed E-state index contributed by atoms with van der Waals surface area (Å²) in [5, 5.41) is 0.648. The van der Waals surface area contributed by atoms with Gasteiger partial charge in [-0.3, -0.25) is 0 Å². The lowest BCUT2D eigenvalue weighted by molar-refractivity contribution is -0.137. The van der Waals surface area contributed by atoms with Gasteiger partial charge in [0.2, 0.25) is 0 Å². The first-order valence-electron chi connectivity index (χ1n) is 5.72. The SMILES string of the molecule is CC(C)c1cnc(-c2ccc(C(F)(F)F)cc2N)s1. The molecule has 102 valence electrons. The van der Waals surface area contributed by atoms with Gasteiger partial charge in [0, 0.05) is 22.3 Å². The minimum absolute atomic E-state index is 0.0967. The second-order valence-corrected chi connectivity index (χ2v) is 5.58. The molecule has 0 amide bonds. The maximum absolute atomic E-state index is 12.5. The summed E-state index contributed by atoms with van der Waals surface area (Å²) in [6.45, 7) is 4.07. The zero-order valence-corrected chi connectivity index (χ0v) is 11.3. The number of hydrogen-bond donors (Lipinski definition) is 1. The molecular weight excluding hydrogens is 273 g/mol. The standard InChI is InChI=1S/C13H13F3N2S/c1-7(2)11-6-18-12(19-11)9-4-3-8(5-10(9)17)13(14,15)16/h3-7H,17H2,1-2H3. The Kier molecular flexibility index (Phi) is 3.54. The van der Waals surface area contributed by atoms with E-state index in [0.29, 0.717) is 16.5 Å². The molecule has 0 saturated heterocycles. The first-order chi connectivity index (χ1) is 8.79. The van der Waals surface area contributed by atoms with E-state index in [1.807, 2.05) is 13.8 Å². The molecule has 0 bridgehead atoms. The van der Waals surface area contributed by atoms with Crippen molar-refractivity contribution in [1.82, 2.24) is 4.98 Å². The number of anilines is 1. The molecule has 19 heavy (non-hydrogen) atoms. The van der Waals surface area contributed by atoms with Crippen molar-refractivity contribution in [1.29, 1.82) is 0 Å². The molecule has 0 saturated carbocycles. The average Bonchev–Trinajstić information content (AvgIpc) is 2.76. The first kappa shape index (κ1) is 13.9. The number of alkyl halides is 3. The summed E-state index contributed by atoms with van der Waals surface area (Å²) in [5.41, 5.74) is 5.60. The summed E-state index contributed by atoms with van der Waals surface area (Å²) in [4.78, 5) is 5.30. The van der Waals surface area contributed by atoms with Crippen molar-refractivity contribution in [2.45, 2.75) is 25.9 Å². The van der Waals surface area contributed by atoms with Gasteiger partial charge >= 0.3 is 6.18 Å². The third-order valence-electron chi connectivity index (χ3n) is 2.70. The van der Waals surface area contributed by atoms with Crippen LogP contribution in [0.5, 0.6) is 0 Å². The highest BCUT2D eigenvalue weighted by atomic mass is 32.1. The number of rotatable bonds is 2. The van der Waals surface area contributed by atoms with Gasteiger partial charge in [-0.25, -0.2) is 4.98 Å². The van der Waals surface area contributed by atoms with E-state index >= 15 is 0 Å². The quantitative estimate of drug-likeness (QED) is 0.823. The monoisotopic (exact) mass is 286 g/mol. The van der Waals surface area contributed by atoms with E-state index in [1.54, 1.807) is 6.20 Å². The van der Waals surface area contributed by atoms with Crippen LogP contribution in [-0.2, 0) is 6.18 Å². The third-order valence-corrected chi connectivity index (χ3v) is 4.03. The van der Waals surface area contributed by atoms with Crippen LogP contribution in [-0.4, -0.2) is 4.98 Å². The van der Waals surface area contributed by atoms with Crippen molar-refractivity contribution < 1.29 is 13.2 Å². The summed E-state index contributed by atoms with van der Waals surface area (Å²) >= 11 is 1.45. The summed E-state index contributed by atoms with van der Waals surface area (Å²) in [5.74, 6) is 0.335. The number of benzene rings is 1. The molecule has 0 aliphatic carbocycles. The summed E-state index contributed by atoms with van der Waals surface area (Å²) < 4.78 is 37.6. The van der Waals surface area contributed by atoms with Crippen molar-refractivity contribution in [2.24, 2.45) is 0 Å².